The van der Waals surface area contributed by atoms with Crippen molar-refractivity contribution in [3.8, 4) is 0 Å². The van der Waals surface area contributed by atoms with Crippen LogP contribution in [0.4, 0.5) is 0 Å². The zero-order valence-corrected chi connectivity index (χ0v) is 14.7. The number of benzene rings is 1. The van der Waals surface area contributed by atoms with Gasteiger partial charge in [-0.3, -0.25) is 9.69 Å². The largest absolute Gasteiger partial charge is 0.393 e. The molecule has 1 heterocycles. The fourth-order valence-electron chi connectivity index (χ4n) is 3.29. The Morgan fingerprint density at radius 2 is 2.04 bits per heavy atom. The van der Waals surface area contributed by atoms with Gasteiger partial charge < -0.3 is 10.0 Å². The van der Waals surface area contributed by atoms with Crippen molar-refractivity contribution in [1.29, 1.82) is 0 Å². The second-order valence-electron chi connectivity index (χ2n) is 7.60. The number of hydrogen-bond acceptors (Lipinski definition) is 3. The predicted molar refractivity (Wildman–Crippen MR) is 93.2 cm³/mol. The summed E-state index contributed by atoms with van der Waals surface area (Å²) in [5.41, 5.74) is 1.28. The Morgan fingerprint density at radius 1 is 1.35 bits per heavy atom. The van der Waals surface area contributed by atoms with Gasteiger partial charge in [0.05, 0.1) is 12.6 Å². The number of amides is 1. The molecule has 0 radical (unpaired) electrons. The maximum absolute atomic E-state index is 12.6. The van der Waals surface area contributed by atoms with Crippen molar-refractivity contribution >= 4 is 5.91 Å². The molecule has 1 amide bonds. The van der Waals surface area contributed by atoms with E-state index in [0.717, 1.165) is 25.9 Å². The molecule has 0 bridgehead atoms. The average Bonchev–Trinajstić information content (AvgIpc) is 2.63. The molecule has 1 aromatic carbocycles. The first-order valence-electron chi connectivity index (χ1n) is 8.54. The highest BCUT2D eigenvalue weighted by atomic mass is 16.3. The molecule has 1 unspecified atom stereocenters. The molecule has 1 aliphatic heterocycles. The minimum absolute atomic E-state index is 0.0197. The number of carbonyl (C=O) groups excluding carboxylic acids is 1. The lowest BCUT2D eigenvalue weighted by Crippen LogP contribution is -2.43. The van der Waals surface area contributed by atoms with E-state index in [4.69, 9.17) is 0 Å². The monoisotopic (exact) mass is 318 g/mol. The van der Waals surface area contributed by atoms with Crippen molar-refractivity contribution < 1.29 is 9.90 Å². The Bertz CT molecular complexity index is 501. The third-order valence-electron chi connectivity index (χ3n) is 4.52. The average molecular weight is 318 g/mol. The van der Waals surface area contributed by atoms with Crippen LogP contribution in [0.1, 0.15) is 32.3 Å². The van der Waals surface area contributed by atoms with Crippen LogP contribution >= 0.6 is 0 Å². The Balaban J connectivity index is 1.83. The first-order valence-corrected chi connectivity index (χ1v) is 8.54. The van der Waals surface area contributed by atoms with Crippen molar-refractivity contribution in [3.63, 3.8) is 0 Å². The number of likely N-dealkylation sites (tertiary alicyclic amines) is 1. The summed E-state index contributed by atoms with van der Waals surface area (Å²) in [6, 6.07) is 10.4. The summed E-state index contributed by atoms with van der Waals surface area (Å²) in [5, 5.41) is 9.97. The van der Waals surface area contributed by atoms with Crippen LogP contribution in [-0.4, -0.2) is 60.1 Å². The highest BCUT2D eigenvalue weighted by Gasteiger charge is 2.31. The second-order valence-corrected chi connectivity index (χ2v) is 7.60. The highest BCUT2D eigenvalue weighted by molar-refractivity contribution is 5.78. The van der Waals surface area contributed by atoms with Crippen LogP contribution in [0.5, 0.6) is 0 Å². The summed E-state index contributed by atoms with van der Waals surface area (Å²) in [5.74, 6) is 0.169. The van der Waals surface area contributed by atoms with E-state index in [9.17, 15) is 9.90 Å². The first-order chi connectivity index (χ1) is 10.9. The van der Waals surface area contributed by atoms with Crippen molar-refractivity contribution in [2.75, 3.05) is 33.2 Å². The standard InChI is InChI=1S/C19H30N2O2/c1-19(2)13-17(22)10-12-21(15-19)18(23)14-20(3)11-9-16-7-5-4-6-8-16/h4-8,17,22H,9-15H2,1-3H3. The molecule has 1 aromatic rings. The van der Waals surface area contributed by atoms with Crippen LogP contribution in [0.25, 0.3) is 0 Å². The molecule has 0 aliphatic carbocycles. The lowest BCUT2D eigenvalue weighted by molar-refractivity contribution is -0.133. The van der Waals surface area contributed by atoms with E-state index in [1.165, 1.54) is 5.56 Å². The zero-order valence-electron chi connectivity index (χ0n) is 14.7. The summed E-state index contributed by atoms with van der Waals surface area (Å²) in [6.07, 6.45) is 2.11. The number of likely N-dealkylation sites (N-methyl/N-ethyl adjacent to an activating group) is 1. The van der Waals surface area contributed by atoms with Gasteiger partial charge in [-0.05, 0) is 37.3 Å². The summed E-state index contributed by atoms with van der Waals surface area (Å²) >= 11 is 0. The van der Waals surface area contributed by atoms with Crippen LogP contribution in [0.3, 0.4) is 0 Å². The minimum Gasteiger partial charge on any atom is -0.393 e. The lowest BCUT2D eigenvalue weighted by atomic mass is 9.87. The molecule has 4 heteroatoms. The summed E-state index contributed by atoms with van der Waals surface area (Å²) in [4.78, 5) is 16.6. The fourth-order valence-corrected chi connectivity index (χ4v) is 3.29. The van der Waals surface area contributed by atoms with E-state index in [-0.39, 0.29) is 17.4 Å². The van der Waals surface area contributed by atoms with E-state index in [1.807, 2.05) is 30.1 Å². The van der Waals surface area contributed by atoms with E-state index >= 15 is 0 Å². The maximum atomic E-state index is 12.6. The Labute approximate surface area is 140 Å². The fraction of sp³-hybridized carbons (Fsp3) is 0.632. The Morgan fingerprint density at radius 3 is 2.74 bits per heavy atom. The van der Waals surface area contributed by atoms with Gasteiger partial charge in [0.25, 0.3) is 0 Å². The van der Waals surface area contributed by atoms with Gasteiger partial charge in [0.2, 0.25) is 5.91 Å². The van der Waals surface area contributed by atoms with Crippen LogP contribution in [0, 0.1) is 5.41 Å². The first kappa shape index (κ1) is 18.0. The quantitative estimate of drug-likeness (QED) is 0.905. The zero-order chi connectivity index (χ0) is 16.9. The lowest BCUT2D eigenvalue weighted by Gasteiger charge is -2.31. The summed E-state index contributed by atoms with van der Waals surface area (Å²) in [6.45, 7) is 6.96. The molecule has 128 valence electrons. The van der Waals surface area contributed by atoms with Crippen molar-refractivity contribution in [2.24, 2.45) is 5.41 Å². The van der Waals surface area contributed by atoms with Gasteiger partial charge in [-0.25, -0.2) is 0 Å². The Hall–Kier alpha value is -1.39. The molecular formula is C19H30N2O2. The number of carbonyl (C=O) groups is 1. The third-order valence-corrected chi connectivity index (χ3v) is 4.52. The molecule has 23 heavy (non-hydrogen) atoms. The van der Waals surface area contributed by atoms with Gasteiger partial charge in [-0.15, -0.1) is 0 Å². The van der Waals surface area contributed by atoms with Crippen LogP contribution in [0.2, 0.25) is 0 Å². The van der Waals surface area contributed by atoms with Gasteiger partial charge in [0.15, 0.2) is 0 Å². The molecule has 1 saturated heterocycles. The molecule has 1 N–H and O–H groups in total. The van der Waals surface area contributed by atoms with Gasteiger partial charge in [-0.2, -0.15) is 0 Å². The van der Waals surface area contributed by atoms with Crippen LogP contribution in [-0.2, 0) is 11.2 Å². The summed E-state index contributed by atoms with van der Waals surface area (Å²) in [7, 11) is 2.00. The maximum Gasteiger partial charge on any atom is 0.236 e. The number of rotatable bonds is 5. The van der Waals surface area contributed by atoms with Crippen molar-refractivity contribution in [3.05, 3.63) is 35.9 Å². The number of aliphatic hydroxyl groups is 1. The van der Waals surface area contributed by atoms with Crippen LogP contribution < -0.4 is 0 Å². The van der Waals surface area contributed by atoms with E-state index in [2.05, 4.69) is 30.9 Å². The number of hydrogen-bond donors (Lipinski definition) is 1. The molecule has 0 saturated carbocycles. The molecule has 1 fully saturated rings. The smallest absolute Gasteiger partial charge is 0.236 e. The molecule has 1 atom stereocenters. The highest BCUT2D eigenvalue weighted by Crippen LogP contribution is 2.28. The van der Waals surface area contributed by atoms with Crippen molar-refractivity contribution in [1.82, 2.24) is 9.80 Å². The van der Waals surface area contributed by atoms with Gasteiger partial charge >= 0.3 is 0 Å². The minimum atomic E-state index is -0.293. The SMILES string of the molecule is CN(CCc1ccccc1)CC(=O)N1CCC(O)CC(C)(C)C1. The molecule has 0 spiro atoms. The van der Waals surface area contributed by atoms with E-state index in [1.54, 1.807) is 0 Å². The van der Waals surface area contributed by atoms with Crippen LogP contribution in [0.15, 0.2) is 30.3 Å². The number of nitrogens with zero attached hydrogens (tertiary/aromatic N) is 2. The van der Waals surface area contributed by atoms with E-state index < -0.39 is 0 Å². The molecular weight excluding hydrogens is 288 g/mol. The van der Waals surface area contributed by atoms with Gasteiger partial charge in [-0.1, -0.05) is 44.2 Å². The molecule has 1 aliphatic rings. The second kappa shape index (κ2) is 7.93. The third kappa shape index (κ3) is 5.96. The topological polar surface area (TPSA) is 43.8 Å². The predicted octanol–water partition coefficient (Wildman–Crippen LogP) is 2.17. The van der Waals surface area contributed by atoms with Gasteiger partial charge in [0, 0.05) is 19.6 Å². The summed E-state index contributed by atoms with van der Waals surface area (Å²) < 4.78 is 0. The van der Waals surface area contributed by atoms with Gasteiger partial charge in [0.1, 0.15) is 0 Å². The van der Waals surface area contributed by atoms with Crippen molar-refractivity contribution in [2.45, 2.75) is 39.2 Å². The molecule has 4 nitrogen and oxygen atoms in total. The molecule has 0 aromatic heterocycles. The molecule has 2 rings (SSSR count). The van der Waals surface area contributed by atoms with E-state index in [0.29, 0.717) is 19.5 Å². The normalized spacial score (nSPS) is 21.3. The number of aliphatic hydroxyl groups excluding tert-OH is 1. The Kier molecular flexibility index (Phi) is 6.19.